The van der Waals surface area contributed by atoms with Crippen molar-refractivity contribution in [2.75, 3.05) is 11.9 Å². The minimum absolute atomic E-state index is 0.872. The van der Waals surface area contributed by atoms with E-state index in [1.54, 1.807) is 0 Å². The molecule has 0 saturated carbocycles. The summed E-state index contributed by atoms with van der Waals surface area (Å²) in [7, 11) is 0. The van der Waals surface area contributed by atoms with Gasteiger partial charge in [-0.05, 0) is 12.8 Å². The van der Waals surface area contributed by atoms with Gasteiger partial charge in [-0.3, -0.25) is 5.10 Å². The number of hydrogen-bond acceptors (Lipinski definition) is 2. The Balaban J connectivity index is 2.38. The van der Waals surface area contributed by atoms with Crippen LogP contribution in [0.4, 0.5) is 5.82 Å². The first-order valence-electron chi connectivity index (χ1n) is 3.78. The Labute approximate surface area is 73.7 Å². The molecule has 0 bridgehead atoms. The van der Waals surface area contributed by atoms with Gasteiger partial charge in [0.05, 0.1) is 5.69 Å². The van der Waals surface area contributed by atoms with Crippen molar-refractivity contribution in [2.45, 2.75) is 18.2 Å². The molecule has 0 amide bonds. The van der Waals surface area contributed by atoms with E-state index in [0.29, 0.717) is 0 Å². The van der Waals surface area contributed by atoms with E-state index in [1.807, 2.05) is 0 Å². The zero-order chi connectivity index (χ0) is 7.68. The Morgan fingerprint density at radius 1 is 1.55 bits per heavy atom. The Morgan fingerprint density at radius 3 is 3.27 bits per heavy atom. The molecule has 11 heavy (non-hydrogen) atoms. The molecule has 1 aromatic rings. The van der Waals surface area contributed by atoms with Crippen LogP contribution in [0.25, 0.3) is 0 Å². The summed E-state index contributed by atoms with van der Waals surface area (Å²) >= 11 is 3.42. The number of alkyl halides is 1. The third kappa shape index (κ3) is 1.15. The summed E-state index contributed by atoms with van der Waals surface area (Å²) in [5.41, 5.74) is 2.57. The predicted octanol–water partition coefficient (Wildman–Crippen LogP) is 1.66. The van der Waals surface area contributed by atoms with Gasteiger partial charge < -0.3 is 5.32 Å². The molecule has 2 N–H and O–H groups in total. The minimum atomic E-state index is 0.872. The number of anilines is 1. The molecule has 0 aliphatic carbocycles. The standard InChI is InChI=1S/C7H10BrN3/c8-4-6-5-2-1-3-9-7(5)11-10-6/h1-4H2,(H2,9,10,11). The SMILES string of the molecule is BrCc1[nH]nc2c1CCCN2. The molecule has 3 nitrogen and oxygen atoms in total. The van der Waals surface area contributed by atoms with Crippen LogP contribution in [-0.4, -0.2) is 16.7 Å². The maximum absolute atomic E-state index is 4.16. The summed E-state index contributed by atoms with van der Waals surface area (Å²) in [5, 5.41) is 11.3. The monoisotopic (exact) mass is 215 g/mol. The number of nitrogens with one attached hydrogen (secondary N) is 2. The maximum Gasteiger partial charge on any atom is 0.151 e. The summed E-state index contributed by atoms with van der Waals surface area (Å²) in [6.07, 6.45) is 2.37. The fourth-order valence-electron chi connectivity index (χ4n) is 1.40. The van der Waals surface area contributed by atoms with Gasteiger partial charge in [0.2, 0.25) is 0 Å². The molecule has 2 rings (SSSR count). The van der Waals surface area contributed by atoms with E-state index in [-0.39, 0.29) is 0 Å². The third-order valence-corrected chi connectivity index (χ3v) is 2.54. The van der Waals surface area contributed by atoms with Gasteiger partial charge >= 0.3 is 0 Å². The van der Waals surface area contributed by atoms with E-state index in [0.717, 1.165) is 24.1 Å². The molecule has 1 aromatic heterocycles. The molecule has 0 saturated heterocycles. The lowest BCUT2D eigenvalue weighted by atomic mass is 10.1. The Hall–Kier alpha value is -0.510. The van der Waals surface area contributed by atoms with Crippen LogP contribution in [-0.2, 0) is 11.8 Å². The van der Waals surface area contributed by atoms with Crippen LogP contribution in [0.1, 0.15) is 17.7 Å². The number of nitrogens with zero attached hydrogens (tertiary/aromatic N) is 1. The normalized spacial score (nSPS) is 15.7. The Morgan fingerprint density at radius 2 is 2.45 bits per heavy atom. The molecule has 2 heterocycles. The predicted molar refractivity (Wildman–Crippen MR) is 48.0 cm³/mol. The molecule has 0 spiro atoms. The molecule has 60 valence electrons. The highest BCUT2D eigenvalue weighted by Crippen LogP contribution is 2.23. The Bertz CT molecular complexity index is 243. The van der Waals surface area contributed by atoms with Gasteiger partial charge in [-0.1, -0.05) is 15.9 Å². The van der Waals surface area contributed by atoms with Crippen LogP contribution < -0.4 is 5.32 Å². The first kappa shape index (κ1) is 7.16. The molecule has 4 heteroatoms. The number of rotatable bonds is 1. The quantitative estimate of drug-likeness (QED) is 0.701. The van der Waals surface area contributed by atoms with Crippen LogP contribution >= 0.6 is 15.9 Å². The zero-order valence-electron chi connectivity index (χ0n) is 6.15. The smallest absolute Gasteiger partial charge is 0.151 e. The summed E-state index contributed by atoms with van der Waals surface area (Å²) in [6.45, 7) is 1.06. The van der Waals surface area contributed by atoms with E-state index in [9.17, 15) is 0 Å². The average Bonchev–Trinajstić information content (AvgIpc) is 2.47. The van der Waals surface area contributed by atoms with Gasteiger partial charge in [-0.2, -0.15) is 5.10 Å². The van der Waals surface area contributed by atoms with Gasteiger partial charge in [0, 0.05) is 17.4 Å². The van der Waals surface area contributed by atoms with Crippen molar-refractivity contribution in [3.8, 4) is 0 Å². The number of fused-ring (bicyclic) bond motifs is 1. The van der Waals surface area contributed by atoms with Crippen LogP contribution in [0.3, 0.4) is 0 Å². The first-order valence-corrected chi connectivity index (χ1v) is 4.90. The van der Waals surface area contributed by atoms with Crippen LogP contribution in [0.15, 0.2) is 0 Å². The van der Waals surface area contributed by atoms with Crippen LogP contribution in [0.2, 0.25) is 0 Å². The lowest BCUT2D eigenvalue weighted by Crippen LogP contribution is -2.11. The molecule has 0 aromatic carbocycles. The average molecular weight is 216 g/mol. The topological polar surface area (TPSA) is 40.7 Å². The summed E-state index contributed by atoms with van der Waals surface area (Å²) < 4.78 is 0. The number of halogens is 1. The van der Waals surface area contributed by atoms with E-state index < -0.39 is 0 Å². The zero-order valence-corrected chi connectivity index (χ0v) is 7.74. The van der Waals surface area contributed by atoms with Crippen molar-refractivity contribution >= 4 is 21.7 Å². The van der Waals surface area contributed by atoms with Crippen molar-refractivity contribution in [2.24, 2.45) is 0 Å². The summed E-state index contributed by atoms with van der Waals surface area (Å²) in [5.74, 6) is 1.05. The highest BCUT2D eigenvalue weighted by atomic mass is 79.9. The second kappa shape index (κ2) is 2.85. The number of H-pyrrole nitrogens is 1. The van der Waals surface area contributed by atoms with E-state index in [1.165, 1.54) is 17.7 Å². The van der Waals surface area contributed by atoms with Crippen molar-refractivity contribution in [1.82, 2.24) is 10.2 Å². The molecule has 1 aliphatic heterocycles. The molecule has 0 radical (unpaired) electrons. The highest BCUT2D eigenvalue weighted by molar-refractivity contribution is 9.08. The van der Waals surface area contributed by atoms with E-state index >= 15 is 0 Å². The highest BCUT2D eigenvalue weighted by Gasteiger charge is 2.14. The molecule has 0 unspecified atom stereocenters. The van der Waals surface area contributed by atoms with Gasteiger partial charge in [0.25, 0.3) is 0 Å². The van der Waals surface area contributed by atoms with Gasteiger partial charge in [-0.25, -0.2) is 0 Å². The molecular formula is C7H10BrN3. The number of aromatic amines is 1. The van der Waals surface area contributed by atoms with Crippen molar-refractivity contribution in [3.05, 3.63) is 11.3 Å². The lowest BCUT2D eigenvalue weighted by Gasteiger charge is -2.12. The summed E-state index contributed by atoms with van der Waals surface area (Å²) in [6, 6.07) is 0. The fraction of sp³-hybridized carbons (Fsp3) is 0.571. The second-order valence-corrected chi connectivity index (χ2v) is 3.25. The maximum atomic E-state index is 4.16. The Kier molecular flexibility index (Phi) is 1.85. The van der Waals surface area contributed by atoms with Gasteiger partial charge in [-0.15, -0.1) is 0 Å². The minimum Gasteiger partial charge on any atom is -0.368 e. The van der Waals surface area contributed by atoms with E-state index in [4.69, 9.17) is 0 Å². The van der Waals surface area contributed by atoms with Crippen LogP contribution in [0.5, 0.6) is 0 Å². The van der Waals surface area contributed by atoms with Crippen LogP contribution in [0, 0.1) is 0 Å². The van der Waals surface area contributed by atoms with Crippen molar-refractivity contribution < 1.29 is 0 Å². The third-order valence-electron chi connectivity index (χ3n) is 1.98. The fourth-order valence-corrected chi connectivity index (χ4v) is 1.86. The van der Waals surface area contributed by atoms with Crippen molar-refractivity contribution in [3.63, 3.8) is 0 Å². The van der Waals surface area contributed by atoms with Gasteiger partial charge in [0.15, 0.2) is 5.82 Å². The largest absolute Gasteiger partial charge is 0.368 e. The van der Waals surface area contributed by atoms with E-state index in [2.05, 4.69) is 31.4 Å². The van der Waals surface area contributed by atoms with Crippen molar-refractivity contribution in [1.29, 1.82) is 0 Å². The first-order chi connectivity index (χ1) is 5.42. The number of aromatic nitrogens is 2. The molecule has 0 atom stereocenters. The lowest BCUT2D eigenvalue weighted by molar-refractivity contribution is 0.823. The number of hydrogen-bond donors (Lipinski definition) is 2. The molecule has 0 fully saturated rings. The second-order valence-electron chi connectivity index (χ2n) is 2.69. The van der Waals surface area contributed by atoms with Gasteiger partial charge in [0.1, 0.15) is 0 Å². The molecule has 1 aliphatic rings. The summed E-state index contributed by atoms with van der Waals surface area (Å²) in [4.78, 5) is 0. The molecular weight excluding hydrogens is 206 g/mol.